The number of hydrogen-bond acceptors (Lipinski definition) is 3. The molecule has 4 heteroatoms. The normalized spacial score (nSPS) is 12.8. The predicted octanol–water partition coefficient (Wildman–Crippen LogP) is 5.57. The monoisotopic (exact) mass is 292 g/mol. The van der Waals surface area contributed by atoms with Crippen LogP contribution in [-0.2, 0) is 9.05 Å². The molecule has 3 nitrogen and oxygen atoms in total. The molecule has 0 aliphatic carbocycles. The summed E-state index contributed by atoms with van der Waals surface area (Å²) in [6.45, 7) is 2.88. The second-order valence-corrected chi connectivity index (χ2v) is 6.24. The molecule has 0 saturated carbocycles. The molecule has 1 N–H and O–H groups in total. The Morgan fingerprint density at radius 2 is 1.16 bits per heavy atom. The molecule has 1 unspecified atom stereocenters. The summed E-state index contributed by atoms with van der Waals surface area (Å²) in [6.07, 6.45) is 16.0. The minimum absolute atomic E-state index is 0.619. The Kier molecular flexibility index (Phi) is 16.6. The van der Waals surface area contributed by atoms with E-state index in [-0.39, 0.29) is 0 Å². The SMILES string of the molecule is CCCCCCCCCCCCCCOP(O)OC. The number of unbranched alkanes of at least 4 members (excludes halogenated alkanes) is 11. The average molecular weight is 292 g/mol. The summed E-state index contributed by atoms with van der Waals surface area (Å²) in [5.74, 6) is 0. The molecule has 0 spiro atoms. The van der Waals surface area contributed by atoms with Crippen LogP contribution in [0.1, 0.15) is 84.0 Å². The Labute approximate surface area is 121 Å². The van der Waals surface area contributed by atoms with Crippen molar-refractivity contribution in [2.75, 3.05) is 13.7 Å². The standard InChI is InChI=1S/C15H33O3P/c1-3-4-5-6-7-8-9-10-11-12-13-14-15-18-19(16)17-2/h16H,3-15H2,1-2H3. The third-order valence-corrected chi connectivity index (χ3v) is 4.07. The average Bonchev–Trinajstić information content (AvgIpc) is 2.43. The summed E-state index contributed by atoms with van der Waals surface area (Å²) < 4.78 is 9.74. The lowest BCUT2D eigenvalue weighted by Gasteiger charge is -2.07. The largest absolute Gasteiger partial charge is 0.329 e. The maximum absolute atomic E-state index is 9.06. The van der Waals surface area contributed by atoms with Gasteiger partial charge in [0.25, 0.3) is 0 Å². The number of hydrogen-bond donors (Lipinski definition) is 1. The van der Waals surface area contributed by atoms with Gasteiger partial charge in [0.05, 0.1) is 6.61 Å². The smallest absolute Gasteiger partial charge is 0.328 e. The third-order valence-electron chi connectivity index (χ3n) is 3.36. The van der Waals surface area contributed by atoms with Crippen molar-refractivity contribution in [3.8, 4) is 0 Å². The van der Waals surface area contributed by atoms with Gasteiger partial charge < -0.3 is 13.9 Å². The first-order valence-electron chi connectivity index (χ1n) is 7.97. The van der Waals surface area contributed by atoms with Gasteiger partial charge in [0.2, 0.25) is 0 Å². The van der Waals surface area contributed by atoms with E-state index < -0.39 is 8.60 Å². The van der Waals surface area contributed by atoms with Crippen LogP contribution in [0.4, 0.5) is 0 Å². The molecule has 0 bridgehead atoms. The summed E-state index contributed by atoms with van der Waals surface area (Å²) in [7, 11) is -0.151. The zero-order valence-corrected chi connectivity index (χ0v) is 13.8. The van der Waals surface area contributed by atoms with Crippen molar-refractivity contribution in [1.82, 2.24) is 0 Å². The first-order valence-corrected chi connectivity index (χ1v) is 9.10. The van der Waals surface area contributed by atoms with Gasteiger partial charge in [0, 0.05) is 7.11 Å². The lowest BCUT2D eigenvalue weighted by Crippen LogP contribution is -1.91. The van der Waals surface area contributed by atoms with Gasteiger partial charge in [-0.15, -0.1) is 0 Å². The van der Waals surface area contributed by atoms with Crippen LogP contribution >= 0.6 is 8.60 Å². The van der Waals surface area contributed by atoms with Crippen LogP contribution in [0, 0.1) is 0 Å². The van der Waals surface area contributed by atoms with Gasteiger partial charge in [0.1, 0.15) is 0 Å². The molecule has 0 aromatic carbocycles. The molecule has 0 aromatic rings. The van der Waals surface area contributed by atoms with E-state index in [1.165, 1.54) is 77.7 Å². The maximum atomic E-state index is 9.06. The molecule has 0 saturated heterocycles. The highest BCUT2D eigenvalue weighted by Gasteiger charge is 2.01. The first-order chi connectivity index (χ1) is 9.31. The molecular formula is C15H33O3P. The minimum atomic E-state index is -1.62. The first kappa shape index (κ1) is 19.3. The van der Waals surface area contributed by atoms with E-state index >= 15 is 0 Å². The van der Waals surface area contributed by atoms with Gasteiger partial charge in [-0.3, -0.25) is 0 Å². The predicted molar refractivity (Wildman–Crippen MR) is 83.2 cm³/mol. The molecule has 0 aromatic heterocycles. The van der Waals surface area contributed by atoms with Crippen LogP contribution in [0.2, 0.25) is 0 Å². The van der Waals surface area contributed by atoms with Gasteiger partial charge in [-0.1, -0.05) is 77.6 Å². The lowest BCUT2D eigenvalue weighted by atomic mass is 10.1. The highest BCUT2D eigenvalue weighted by molar-refractivity contribution is 7.40. The van der Waals surface area contributed by atoms with Crippen LogP contribution < -0.4 is 0 Å². The fourth-order valence-electron chi connectivity index (χ4n) is 2.14. The van der Waals surface area contributed by atoms with Crippen molar-refractivity contribution < 1.29 is 13.9 Å². The third kappa shape index (κ3) is 16.3. The van der Waals surface area contributed by atoms with Crippen LogP contribution in [0.5, 0.6) is 0 Å². The van der Waals surface area contributed by atoms with Gasteiger partial charge in [-0.2, -0.15) is 0 Å². The van der Waals surface area contributed by atoms with E-state index in [1.54, 1.807) is 0 Å². The lowest BCUT2D eigenvalue weighted by molar-refractivity contribution is 0.224. The molecular weight excluding hydrogens is 259 g/mol. The summed E-state index contributed by atoms with van der Waals surface area (Å²) >= 11 is 0. The molecule has 1 atom stereocenters. The van der Waals surface area contributed by atoms with Gasteiger partial charge >= 0.3 is 8.60 Å². The highest BCUT2D eigenvalue weighted by atomic mass is 31.2. The quantitative estimate of drug-likeness (QED) is 0.317. The summed E-state index contributed by atoms with van der Waals surface area (Å²) in [5, 5.41) is 0. The van der Waals surface area contributed by atoms with E-state index in [1.807, 2.05) is 0 Å². The van der Waals surface area contributed by atoms with Crippen molar-refractivity contribution in [2.45, 2.75) is 84.0 Å². The Morgan fingerprint density at radius 3 is 1.58 bits per heavy atom. The zero-order chi connectivity index (χ0) is 14.2. The maximum Gasteiger partial charge on any atom is 0.329 e. The van der Waals surface area contributed by atoms with Crippen molar-refractivity contribution in [3.05, 3.63) is 0 Å². The van der Waals surface area contributed by atoms with Crippen molar-refractivity contribution in [3.63, 3.8) is 0 Å². The fraction of sp³-hybridized carbons (Fsp3) is 1.00. The van der Waals surface area contributed by atoms with Crippen LogP contribution in [0.25, 0.3) is 0 Å². The molecule has 0 aliphatic rings. The fourth-order valence-corrected chi connectivity index (χ4v) is 2.53. The van der Waals surface area contributed by atoms with Crippen LogP contribution in [0.15, 0.2) is 0 Å². The van der Waals surface area contributed by atoms with Gasteiger partial charge in [-0.05, 0) is 6.42 Å². The number of rotatable bonds is 15. The molecule has 0 amide bonds. The summed E-state index contributed by atoms with van der Waals surface area (Å²) in [5.41, 5.74) is 0. The molecule has 0 fully saturated rings. The van der Waals surface area contributed by atoms with E-state index in [2.05, 4.69) is 11.4 Å². The molecule has 19 heavy (non-hydrogen) atoms. The van der Waals surface area contributed by atoms with Crippen LogP contribution in [0.3, 0.4) is 0 Å². The van der Waals surface area contributed by atoms with Gasteiger partial charge in [0.15, 0.2) is 0 Å². The Bertz CT molecular complexity index is 167. The molecule has 0 rings (SSSR count). The topological polar surface area (TPSA) is 38.7 Å². The highest BCUT2D eigenvalue weighted by Crippen LogP contribution is 2.31. The van der Waals surface area contributed by atoms with E-state index in [4.69, 9.17) is 9.42 Å². The molecule has 0 aliphatic heterocycles. The second kappa shape index (κ2) is 16.4. The minimum Gasteiger partial charge on any atom is -0.328 e. The summed E-state index contributed by atoms with van der Waals surface area (Å²) in [4.78, 5) is 9.06. The van der Waals surface area contributed by atoms with Crippen LogP contribution in [-0.4, -0.2) is 18.6 Å². The van der Waals surface area contributed by atoms with Crippen molar-refractivity contribution >= 4 is 8.60 Å². The molecule has 116 valence electrons. The van der Waals surface area contributed by atoms with E-state index in [0.717, 1.165) is 6.42 Å². The summed E-state index contributed by atoms with van der Waals surface area (Å²) in [6, 6.07) is 0. The van der Waals surface area contributed by atoms with Crippen molar-refractivity contribution in [2.24, 2.45) is 0 Å². The molecule has 0 heterocycles. The Hall–Kier alpha value is 0.310. The van der Waals surface area contributed by atoms with E-state index in [0.29, 0.717) is 6.61 Å². The van der Waals surface area contributed by atoms with Crippen molar-refractivity contribution in [1.29, 1.82) is 0 Å². The zero-order valence-electron chi connectivity index (χ0n) is 12.9. The second-order valence-electron chi connectivity index (χ2n) is 5.14. The Morgan fingerprint density at radius 1 is 0.737 bits per heavy atom. The van der Waals surface area contributed by atoms with Gasteiger partial charge in [-0.25, -0.2) is 0 Å². The Balaban J connectivity index is 2.95. The van der Waals surface area contributed by atoms with E-state index in [9.17, 15) is 0 Å². The molecule has 0 radical (unpaired) electrons.